The maximum absolute atomic E-state index is 11.8. The summed E-state index contributed by atoms with van der Waals surface area (Å²) in [6.45, 7) is 1.87. The van der Waals surface area contributed by atoms with Gasteiger partial charge in [-0.3, -0.25) is 4.79 Å². The number of ether oxygens (including phenoxy) is 2. The number of nitrogens with two attached hydrogens (primary N) is 1. The van der Waals surface area contributed by atoms with Crippen molar-refractivity contribution >= 4 is 23.3 Å². The minimum Gasteiger partial charge on any atom is -1.00 e. The average Bonchev–Trinajstić information content (AvgIpc) is 3.19. The highest BCUT2D eigenvalue weighted by Gasteiger charge is 2.15. The first-order valence-electron chi connectivity index (χ1n) is 9.18. The fourth-order valence-electron chi connectivity index (χ4n) is 2.65. The van der Waals surface area contributed by atoms with Gasteiger partial charge in [-0.15, -0.1) is 0 Å². The van der Waals surface area contributed by atoms with E-state index < -0.39 is 5.91 Å². The smallest absolute Gasteiger partial charge is 0.277 e. The Balaban J connectivity index is 0.00000341. The molecule has 9 nitrogen and oxygen atoms in total. The minimum atomic E-state index is -0.433. The number of amides is 1. The van der Waals surface area contributed by atoms with E-state index in [4.69, 9.17) is 26.8 Å². The molecular formula is C20H22Cl2N5O4-. The maximum atomic E-state index is 11.8. The molecule has 0 aliphatic heterocycles. The van der Waals surface area contributed by atoms with Gasteiger partial charge in [-0.25, -0.2) is 4.63 Å². The van der Waals surface area contributed by atoms with Gasteiger partial charge in [-0.2, -0.15) is 0 Å². The normalized spacial score (nSPS) is 10.3. The Hall–Kier alpha value is -3.01. The number of nitrogens with zero attached hydrogens (tertiary/aromatic N) is 2. The Kier molecular flexibility index (Phi) is 9.39. The maximum Gasteiger partial charge on any atom is 0.277 e. The first kappa shape index (κ1) is 24.3. The van der Waals surface area contributed by atoms with Crippen molar-refractivity contribution in [2.45, 2.75) is 13.2 Å². The third-order valence-electron chi connectivity index (χ3n) is 4.21. The predicted molar refractivity (Wildman–Crippen MR) is 112 cm³/mol. The van der Waals surface area contributed by atoms with Gasteiger partial charge < -0.3 is 38.2 Å². The van der Waals surface area contributed by atoms with E-state index in [2.05, 4.69) is 25.6 Å². The molecule has 0 spiro atoms. The van der Waals surface area contributed by atoms with Gasteiger partial charge in [0.1, 0.15) is 6.61 Å². The fourth-order valence-corrected chi connectivity index (χ4v) is 2.84. The number of nitrogen functional groups attached to an aromatic ring is 1. The van der Waals surface area contributed by atoms with Crippen LogP contribution in [-0.4, -0.2) is 36.4 Å². The van der Waals surface area contributed by atoms with E-state index >= 15 is 0 Å². The fraction of sp³-hybridized carbons (Fsp3) is 0.250. The molecule has 2 aromatic carbocycles. The first-order valence-corrected chi connectivity index (χ1v) is 9.56. The molecule has 1 aromatic heterocycles. The summed E-state index contributed by atoms with van der Waals surface area (Å²) in [5, 5.41) is 13.4. The second-order valence-electron chi connectivity index (χ2n) is 6.30. The van der Waals surface area contributed by atoms with Crippen molar-refractivity contribution < 1.29 is 31.3 Å². The molecule has 0 aliphatic carbocycles. The number of aromatic nitrogens is 2. The zero-order chi connectivity index (χ0) is 21.3. The summed E-state index contributed by atoms with van der Waals surface area (Å²) in [7, 11) is 1.59. The van der Waals surface area contributed by atoms with Crippen LogP contribution in [0.15, 0.2) is 47.1 Å². The van der Waals surface area contributed by atoms with Crippen LogP contribution in [0.2, 0.25) is 5.02 Å². The molecule has 0 aliphatic rings. The van der Waals surface area contributed by atoms with Crippen LogP contribution in [0, 0.1) is 0 Å². The van der Waals surface area contributed by atoms with Gasteiger partial charge in [0.15, 0.2) is 11.5 Å². The average molecular weight is 467 g/mol. The number of halogens is 2. The molecule has 3 rings (SSSR count). The molecule has 0 unspecified atom stereocenters. The van der Waals surface area contributed by atoms with Gasteiger partial charge in [0.25, 0.3) is 5.91 Å². The molecule has 31 heavy (non-hydrogen) atoms. The Morgan fingerprint density at radius 2 is 1.97 bits per heavy atom. The quantitative estimate of drug-likeness (QED) is 0.339. The lowest BCUT2D eigenvalue weighted by Crippen LogP contribution is -3.00. The second kappa shape index (κ2) is 12.0. The summed E-state index contributed by atoms with van der Waals surface area (Å²) >= 11 is 6.17. The number of hydrogen-bond donors (Lipinski definition) is 3. The van der Waals surface area contributed by atoms with E-state index in [-0.39, 0.29) is 23.9 Å². The molecule has 0 radical (unpaired) electrons. The second-order valence-corrected chi connectivity index (χ2v) is 6.70. The lowest BCUT2D eigenvalue weighted by atomic mass is 10.2. The lowest BCUT2D eigenvalue weighted by molar-refractivity contribution is -0.0000155. The van der Waals surface area contributed by atoms with Gasteiger partial charge in [0, 0.05) is 30.2 Å². The molecule has 0 saturated heterocycles. The lowest BCUT2D eigenvalue weighted by Gasteiger charge is -2.13. The van der Waals surface area contributed by atoms with Crippen molar-refractivity contribution in [1.29, 1.82) is 0 Å². The summed E-state index contributed by atoms with van der Waals surface area (Å²) < 4.78 is 15.7. The monoisotopic (exact) mass is 466 g/mol. The summed E-state index contributed by atoms with van der Waals surface area (Å²) in [6.07, 6.45) is 0. The van der Waals surface area contributed by atoms with Gasteiger partial charge in [-0.05, 0) is 34.1 Å². The summed E-state index contributed by atoms with van der Waals surface area (Å²) in [5.41, 5.74) is 7.36. The number of nitrogens with one attached hydrogen (secondary N) is 2. The Bertz CT molecular complexity index is 999. The Morgan fingerprint density at radius 3 is 2.68 bits per heavy atom. The van der Waals surface area contributed by atoms with Crippen LogP contribution in [0.1, 0.15) is 21.6 Å². The van der Waals surface area contributed by atoms with Gasteiger partial charge in [-0.1, -0.05) is 35.9 Å². The van der Waals surface area contributed by atoms with Crippen molar-refractivity contribution in [3.05, 3.63) is 64.3 Å². The van der Waals surface area contributed by atoms with E-state index in [9.17, 15) is 4.79 Å². The van der Waals surface area contributed by atoms with Crippen LogP contribution >= 0.6 is 11.6 Å². The third-order valence-corrected chi connectivity index (χ3v) is 4.58. The van der Waals surface area contributed by atoms with E-state index in [0.717, 1.165) is 11.1 Å². The number of benzene rings is 2. The summed E-state index contributed by atoms with van der Waals surface area (Å²) in [6, 6.07) is 13.2. The zero-order valence-corrected chi connectivity index (χ0v) is 18.2. The molecule has 11 heteroatoms. The van der Waals surface area contributed by atoms with Crippen LogP contribution in [0.4, 0.5) is 5.82 Å². The van der Waals surface area contributed by atoms with Crippen molar-refractivity contribution in [2.24, 2.45) is 0 Å². The minimum absolute atomic E-state index is 0. The Morgan fingerprint density at radius 1 is 1.16 bits per heavy atom. The molecule has 0 saturated carbocycles. The van der Waals surface area contributed by atoms with E-state index in [1.807, 2.05) is 42.5 Å². The first-order chi connectivity index (χ1) is 14.6. The molecule has 4 N–H and O–H groups in total. The molecule has 0 atom stereocenters. The largest absolute Gasteiger partial charge is 1.00 e. The topological polar surface area (TPSA) is 125 Å². The van der Waals surface area contributed by atoms with Crippen molar-refractivity contribution in [3.8, 4) is 11.5 Å². The third kappa shape index (κ3) is 6.74. The van der Waals surface area contributed by atoms with Crippen molar-refractivity contribution in [1.82, 2.24) is 20.9 Å². The standard InChI is InChI=1S/C20H22ClN5O4.ClH/c1-28-17-10-13(6-7-16(17)29-12-14-4-2-3-5-15(14)21)11-23-8-9-24-20(27)18-19(22)26-30-25-18;/h2-7,10,23H,8-9,11-12H2,1H3,(H2,22,26)(H,24,27);1H/p-1. The van der Waals surface area contributed by atoms with Gasteiger partial charge >= 0.3 is 0 Å². The molecule has 0 fully saturated rings. The molecule has 1 heterocycles. The summed E-state index contributed by atoms with van der Waals surface area (Å²) in [5.74, 6) is 0.789. The molecule has 3 aromatic rings. The number of carbonyl (C=O) groups is 1. The molecule has 0 bridgehead atoms. The number of rotatable bonds is 10. The van der Waals surface area contributed by atoms with Crippen molar-refractivity contribution in [3.63, 3.8) is 0 Å². The number of methoxy groups -OCH3 is 1. The highest BCUT2D eigenvalue weighted by Crippen LogP contribution is 2.29. The van der Waals surface area contributed by atoms with Crippen LogP contribution in [0.5, 0.6) is 11.5 Å². The molecular weight excluding hydrogens is 445 g/mol. The van der Waals surface area contributed by atoms with Crippen molar-refractivity contribution in [2.75, 3.05) is 25.9 Å². The van der Waals surface area contributed by atoms with E-state index in [1.165, 1.54) is 0 Å². The summed E-state index contributed by atoms with van der Waals surface area (Å²) in [4.78, 5) is 11.8. The number of carbonyl (C=O) groups excluding carboxylic acids is 1. The highest BCUT2D eigenvalue weighted by molar-refractivity contribution is 6.31. The zero-order valence-electron chi connectivity index (χ0n) is 16.7. The molecule has 1 amide bonds. The SMILES string of the molecule is COc1cc(CNCCNC(=O)c2nonc2N)ccc1OCc1ccccc1Cl.[Cl-]. The van der Waals surface area contributed by atoms with Crippen LogP contribution in [-0.2, 0) is 13.2 Å². The van der Waals surface area contributed by atoms with Gasteiger partial charge in [0.05, 0.1) is 7.11 Å². The van der Waals surface area contributed by atoms with Crippen LogP contribution in [0.25, 0.3) is 0 Å². The van der Waals surface area contributed by atoms with Crippen LogP contribution in [0.3, 0.4) is 0 Å². The number of hydrogen-bond acceptors (Lipinski definition) is 8. The van der Waals surface area contributed by atoms with Crippen LogP contribution < -0.4 is 38.2 Å². The highest BCUT2D eigenvalue weighted by atomic mass is 35.5. The Labute approximate surface area is 190 Å². The van der Waals surface area contributed by atoms with Gasteiger partial charge in [0.2, 0.25) is 11.5 Å². The number of anilines is 1. The predicted octanol–water partition coefficient (Wildman–Crippen LogP) is -0.584. The van der Waals surface area contributed by atoms with E-state index in [0.29, 0.717) is 42.8 Å². The van der Waals surface area contributed by atoms with E-state index in [1.54, 1.807) is 7.11 Å². The molecule has 166 valence electrons.